The number of ether oxygens (including phenoxy) is 1. The maximum absolute atomic E-state index is 12.7. The average molecular weight is 532 g/mol. The molecule has 2 aliphatic heterocycles. The third kappa shape index (κ3) is 5.75. The highest BCUT2D eigenvalue weighted by molar-refractivity contribution is 6.30. The number of nitrogens with zero attached hydrogens (tertiary/aromatic N) is 4. The molecule has 6 nitrogen and oxygen atoms in total. The lowest BCUT2D eigenvalue weighted by Crippen LogP contribution is -2.42. The van der Waals surface area contributed by atoms with Crippen LogP contribution in [0.15, 0.2) is 66.4 Å². The molecule has 0 bridgehead atoms. The molecule has 0 radical (unpaired) electrons. The minimum atomic E-state index is -0.496. The van der Waals surface area contributed by atoms with Crippen molar-refractivity contribution >= 4 is 28.8 Å². The second-order valence-electron chi connectivity index (χ2n) is 11.3. The first-order chi connectivity index (χ1) is 18.2. The van der Waals surface area contributed by atoms with Crippen LogP contribution in [0.25, 0.3) is 16.5 Å². The molecule has 3 heterocycles. The van der Waals surface area contributed by atoms with Gasteiger partial charge < -0.3 is 19.5 Å². The molecule has 1 aliphatic carbocycles. The Balaban J connectivity index is 1.43. The summed E-state index contributed by atoms with van der Waals surface area (Å²) >= 11 is 6.56. The Labute approximate surface area is 230 Å². The first-order valence-corrected chi connectivity index (χ1v) is 13.8. The highest BCUT2D eigenvalue weighted by Crippen LogP contribution is 2.46. The maximum Gasteiger partial charge on any atom is 0.410 e. The Kier molecular flexibility index (Phi) is 7.53. The summed E-state index contributed by atoms with van der Waals surface area (Å²) in [6, 6.07) is 6.24. The van der Waals surface area contributed by atoms with E-state index in [1.54, 1.807) is 0 Å². The summed E-state index contributed by atoms with van der Waals surface area (Å²) in [5, 5.41) is 5.63. The van der Waals surface area contributed by atoms with Gasteiger partial charge in [0.2, 0.25) is 0 Å². The van der Waals surface area contributed by atoms with Gasteiger partial charge in [0.1, 0.15) is 5.60 Å². The van der Waals surface area contributed by atoms with Gasteiger partial charge in [0, 0.05) is 36.5 Å². The lowest BCUT2D eigenvalue weighted by Gasteiger charge is -2.38. The van der Waals surface area contributed by atoms with Crippen molar-refractivity contribution in [2.75, 3.05) is 13.1 Å². The number of carbonyl (C=O) groups is 1. The van der Waals surface area contributed by atoms with Crippen LogP contribution < -0.4 is 0 Å². The molecule has 0 saturated carbocycles. The first kappa shape index (κ1) is 26.4. The smallest absolute Gasteiger partial charge is 0.410 e. The molecule has 1 aromatic heterocycles. The molecule has 1 fully saturated rings. The molecule has 7 heteroatoms. The zero-order valence-corrected chi connectivity index (χ0v) is 23.5. The van der Waals surface area contributed by atoms with E-state index in [-0.39, 0.29) is 12.0 Å². The van der Waals surface area contributed by atoms with Gasteiger partial charge in [0.15, 0.2) is 0 Å². The van der Waals surface area contributed by atoms with Crippen molar-refractivity contribution in [1.29, 1.82) is 0 Å². The molecule has 1 aromatic carbocycles. The number of aryl methyl sites for hydroxylation is 2. The van der Waals surface area contributed by atoms with E-state index in [1.165, 1.54) is 28.0 Å². The number of benzene rings is 1. The number of fused-ring (bicyclic) bond motifs is 2. The van der Waals surface area contributed by atoms with Gasteiger partial charge in [0.05, 0.1) is 6.33 Å². The summed E-state index contributed by atoms with van der Waals surface area (Å²) in [6.07, 6.45) is 15.5. The van der Waals surface area contributed by atoms with E-state index in [0.29, 0.717) is 13.1 Å². The van der Waals surface area contributed by atoms with Crippen LogP contribution in [-0.2, 0) is 11.3 Å². The second-order valence-corrected chi connectivity index (χ2v) is 11.7. The molecule has 0 atom stereocenters. The summed E-state index contributed by atoms with van der Waals surface area (Å²) < 4.78 is 7.82. The number of allylic oxidation sites excluding steroid dienone is 5. The van der Waals surface area contributed by atoms with Crippen LogP contribution in [0.2, 0.25) is 5.02 Å². The number of halogens is 1. The minimum absolute atomic E-state index is 0.232. The average Bonchev–Trinajstić information content (AvgIpc) is 3.23. The summed E-state index contributed by atoms with van der Waals surface area (Å²) in [6.45, 7) is 10.1. The number of likely N-dealkylation sites (tertiary alicyclic amines) is 1. The summed E-state index contributed by atoms with van der Waals surface area (Å²) in [5.41, 5.74) is 7.76. The Morgan fingerprint density at radius 3 is 2.71 bits per heavy atom. The number of imidazole rings is 1. The number of piperidine rings is 1. The van der Waals surface area contributed by atoms with Crippen LogP contribution in [0.4, 0.5) is 4.79 Å². The molecular weight excluding hydrogens is 496 g/mol. The standard InChI is InChI=1S/C31H36ClN4O2/c1-21-19-33-20-36(21)14-6-8-23-17-24-7-5-13-34-29(24)28(26-10-9-25(32)18-27(23)26)22-11-15-35(16-12-22)30(37)38-31(2,3)4/h5,7,9-10,13,17-20,22H,6,8,11-12,14-16H2,1-4H3/q-1. The number of rotatable bonds is 5. The number of amides is 1. The Morgan fingerprint density at radius 1 is 1.21 bits per heavy atom. The fourth-order valence-corrected chi connectivity index (χ4v) is 5.70. The monoisotopic (exact) mass is 531 g/mol. The highest BCUT2D eigenvalue weighted by Gasteiger charge is 2.31. The van der Waals surface area contributed by atoms with Crippen LogP contribution in [-0.4, -0.2) is 39.2 Å². The van der Waals surface area contributed by atoms with Crippen LogP contribution in [0.3, 0.4) is 0 Å². The molecule has 0 N–H and O–H groups in total. The Morgan fingerprint density at radius 2 is 2.00 bits per heavy atom. The van der Waals surface area contributed by atoms with Crippen molar-refractivity contribution in [2.24, 2.45) is 5.92 Å². The number of aromatic nitrogens is 2. The zero-order chi connectivity index (χ0) is 26.9. The summed E-state index contributed by atoms with van der Waals surface area (Å²) in [5.74, 6) is 0.281. The van der Waals surface area contributed by atoms with Crippen molar-refractivity contribution in [1.82, 2.24) is 14.5 Å². The van der Waals surface area contributed by atoms with Crippen molar-refractivity contribution in [3.05, 3.63) is 93.6 Å². The van der Waals surface area contributed by atoms with Gasteiger partial charge in [-0.3, -0.25) is 0 Å². The third-order valence-electron chi connectivity index (χ3n) is 7.36. The third-order valence-corrected chi connectivity index (χ3v) is 7.60. The molecule has 3 aliphatic rings. The molecule has 1 saturated heterocycles. The Hall–Kier alpha value is -3.25. The van der Waals surface area contributed by atoms with Gasteiger partial charge in [-0.2, -0.15) is 6.20 Å². The number of carbonyl (C=O) groups excluding carboxylic acids is 1. The van der Waals surface area contributed by atoms with Crippen LogP contribution in [0.5, 0.6) is 0 Å². The largest absolute Gasteiger partial charge is 0.663 e. The molecule has 38 heavy (non-hydrogen) atoms. The van der Waals surface area contributed by atoms with Crippen molar-refractivity contribution in [3.63, 3.8) is 0 Å². The molecule has 1 amide bonds. The Bertz CT molecular complexity index is 1330. The zero-order valence-electron chi connectivity index (χ0n) is 22.7. The summed E-state index contributed by atoms with van der Waals surface area (Å²) in [7, 11) is 0. The lowest BCUT2D eigenvalue weighted by molar-refractivity contribution is 0.0199. The van der Waals surface area contributed by atoms with E-state index >= 15 is 0 Å². The van der Waals surface area contributed by atoms with E-state index in [0.717, 1.165) is 48.5 Å². The predicted octanol–water partition coefficient (Wildman–Crippen LogP) is 7.91. The van der Waals surface area contributed by atoms with Crippen molar-refractivity contribution in [2.45, 2.75) is 65.5 Å². The van der Waals surface area contributed by atoms with Gasteiger partial charge in [-0.05, 0) is 93.7 Å². The van der Waals surface area contributed by atoms with Gasteiger partial charge in [-0.25, -0.2) is 9.78 Å². The normalized spacial score (nSPS) is 17.8. The molecule has 0 unspecified atom stereocenters. The second kappa shape index (κ2) is 10.9. The lowest BCUT2D eigenvalue weighted by atomic mass is 9.81. The number of hydrogen-bond donors (Lipinski definition) is 0. The minimum Gasteiger partial charge on any atom is -0.663 e. The van der Waals surface area contributed by atoms with E-state index in [4.69, 9.17) is 21.7 Å². The first-order valence-electron chi connectivity index (χ1n) is 13.5. The van der Waals surface area contributed by atoms with E-state index in [9.17, 15) is 4.79 Å². The molecular formula is C31H36ClN4O2-. The SMILES string of the molecule is Cc1cncn1CCCC1=CC2=CC=C[N-]C2=C(C2CCN(C(=O)OC(C)(C)C)CC2)c2ccc(Cl)cc21. The quantitative estimate of drug-likeness (QED) is 0.394. The van der Waals surface area contributed by atoms with E-state index in [2.05, 4.69) is 40.8 Å². The predicted molar refractivity (Wildman–Crippen MR) is 154 cm³/mol. The van der Waals surface area contributed by atoms with E-state index in [1.807, 2.05) is 56.5 Å². The van der Waals surface area contributed by atoms with Gasteiger partial charge in [0.25, 0.3) is 0 Å². The molecule has 5 rings (SSSR count). The summed E-state index contributed by atoms with van der Waals surface area (Å²) in [4.78, 5) is 18.8. The van der Waals surface area contributed by atoms with Gasteiger partial charge in [-0.15, -0.1) is 5.70 Å². The molecule has 200 valence electrons. The highest BCUT2D eigenvalue weighted by atomic mass is 35.5. The molecule has 0 spiro atoms. The van der Waals surface area contributed by atoms with Crippen LogP contribution in [0, 0.1) is 12.8 Å². The van der Waals surface area contributed by atoms with Crippen molar-refractivity contribution in [3.8, 4) is 0 Å². The number of hydrogen-bond acceptors (Lipinski definition) is 3. The topological polar surface area (TPSA) is 61.5 Å². The molecule has 2 aromatic rings. The van der Waals surface area contributed by atoms with Crippen LogP contribution in [0.1, 0.15) is 63.3 Å². The van der Waals surface area contributed by atoms with E-state index < -0.39 is 5.60 Å². The van der Waals surface area contributed by atoms with Crippen molar-refractivity contribution < 1.29 is 9.53 Å². The fourth-order valence-electron chi connectivity index (χ4n) is 5.53. The van der Waals surface area contributed by atoms with Crippen LogP contribution >= 0.6 is 11.6 Å². The van der Waals surface area contributed by atoms with Gasteiger partial charge >= 0.3 is 6.09 Å². The fraction of sp³-hybridized carbons (Fsp3) is 0.419. The maximum atomic E-state index is 12.7. The van der Waals surface area contributed by atoms with Gasteiger partial charge in [-0.1, -0.05) is 41.5 Å².